The van der Waals surface area contributed by atoms with Gasteiger partial charge in [0.1, 0.15) is 5.01 Å². The second kappa shape index (κ2) is 7.52. The largest absolute Gasteiger partial charge is 0.326 e. The Morgan fingerprint density at radius 1 is 1.25 bits per heavy atom. The molecular formula is C19H26ClN3S. The number of nitrogens with zero attached hydrogens (tertiary/aromatic N) is 2. The number of hydrogen-bond acceptors (Lipinski definition) is 4. The molecule has 1 fully saturated rings. The van der Waals surface area contributed by atoms with Crippen molar-refractivity contribution in [2.75, 3.05) is 13.1 Å². The Hall–Kier alpha value is -0.940. The van der Waals surface area contributed by atoms with Crippen LogP contribution in [0.15, 0.2) is 30.3 Å². The number of benzene rings is 1. The fraction of sp³-hybridized carbons (Fsp3) is 0.526. The van der Waals surface area contributed by atoms with Crippen molar-refractivity contribution >= 4 is 23.7 Å². The summed E-state index contributed by atoms with van der Waals surface area (Å²) in [7, 11) is 0. The van der Waals surface area contributed by atoms with Crippen LogP contribution in [-0.4, -0.2) is 29.0 Å². The molecule has 1 aliphatic heterocycles. The lowest BCUT2D eigenvalue weighted by molar-refractivity contribution is 0.323. The topological polar surface area (TPSA) is 42.2 Å². The van der Waals surface area contributed by atoms with Gasteiger partial charge < -0.3 is 5.73 Å². The minimum absolute atomic E-state index is 0. The summed E-state index contributed by atoms with van der Waals surface area (Å²) >= 11 is 1.93. The quantitative estimate of drug-likeness (QED) is 0.905. The highest BCUT2D eigenvalue weighted by Crippen LogP contribution is 2.32. The molecule has 130 valence electrons. The summed E-state index contributed by atoms with van der Waals surface area (Å²) < 4.78 is 0. The first-order valence-electron chi connectivity index (χ1n) is 8.69. The molecule has 5 heteroatoms. The van der Waals surface area contributed by atoms with Crippen LogP contribution in [0.25, 0.3) is 0 Å². The number of aromatic nitrogens is 1. The van der Waals surface area contributed by atoms with Crippen molar-refractivity contribution < 1.29 is 0 Å². The van der Waals surface area contributed by atoms with Gasteiger partial charge in [0.2, 0.25) is 0 Å². The third-order valence-corrected chi connectivity index (χ3v) is 6.36. The van der Waals surface area contributed by atoms with E-state index in [1.807, 2.05) is 11.3 Å². The fourth-order valence-electron chi connectivity index (χ4n) is 3.95. The first-order valence-corrected chi connectivity index (χ1v) is 9.51. The van der Waals surface area contributed by atoms with Crippen molar-refractivity contribution in [1.82, 2.24) is 9.88 Å². The highest BCUT2D eigenvalue weighted by atomic mass is 35.5. The standard InChI is InChI=1S/C19H25N3S.ClH/c1-13-7-8-17-18(9-13)23-19(21-17)12-22-10-15(16(20)11-22)14-5-3-2-4-6-14;/h2-6,13,15-16H,7-12,20H2,1H3;1H/t13?,15-,16+;/m0./s1. The molecule has 2 aliphatic rings. The van der Waals surface area contributed by atoms with E-state index in [9.17, 15) is 0 Å². The summed E-state index contributed by atoms with van der Waals surface area (Å²) in [6.45, 7) is 5.33. The van der Waals surface area contributed by atoms with E-state index >= 15 is 0 Å². The molecule has 4 rings (SSSR count). The van der Waals surface area contributed by atoms with Gasteiger partial charge in [0.05, 0.1) is 12.2 Å². The van der Waals surface area contributed by atoms with Crippen molar-refractivity contribution in [2.45, 2.75) is 44.7 Å². The van der Waals surface area contributed by atoms with E-state index in [1.54, 1.807) is 0 Å². The second-order valence-corrected chi connectivity index (χ2v) is 8.37. The molecule has 2 aromatic rings. The number of rotatable bonds is 3. The molecule has 1 aromatic heterocycles. The highest BCUT2D eigenvalue weighted by molar-refractivity contribution is 7.11. The Balaban J connectivity index is 0.00000169. The Morgan fingerprint density at radius 2 is 2.04 bits per heavy atom. The molecule has 2 heterocycles. The zero-order chi connectivity index (χ0) is 15.8. The Morgan fingerprint density at radius 3 is 2.83 bits per heavy atom. The van der Waals surface area contributed by atoms with Gasteiger partial charge in [-0.1, -0.05) is 37.3 Å². The van der Waals surface area contributed by atoms with Crippen LogP contribution >= 0.6 is 23.7 Å². The number of hydrogen-bond donors (Lipinski definition) is 1. The predicted octanol–water partition coefficient (Wildman–Crippen LogP) is 3.62. The van der Waals surface area contributed by atoms with Crippen LogP contribution < -0.4 is 5.73 Å². The predicted molar refractivity (Wildman–Crippen MR) is 103 cm³/mol. The first kappa shape index (κ1) is 17.9. The molecule has 1 aromatic carbocycles. The third kappa shape index (κ3) is 3.67. The molecule has 2 N–H and O–H groups in total. The average molecular weight is 364 g/mol. The van der Waals surface area contributed by atoms with Gasteiger partial charge in [-0.25, -0.2) is 4.98 Å². The fourth-order valence-corrected chi connectivity index (χ4v) is 5.27. The van der Waals surface area contributed by atoms with Crippen LogP contribution in [0, 0.1) is 5.92 Å². The van der Waals surface area contributed by atoms with E-state index in [2.05, 4.69) is 42.2 Å². The molecule has 1 aliphatic carbocycles. The molecule has 0 spiro atoms. The van der Waals surface area contributed by atoms with Gasteiger partial charge in [0.25, 0.3) is 0 Å². The normalized spacial score (nSPS) is 26.8. The van der Waals surface area contributed by atoms with Crippen molar-refractivity contribution in [3.05, 3.63) is 51.5 Å². The highest BCUT2D eigenvalue weighted by Gasteiger charge is 2.32. The molecule has 3 atom stereocenters. The maximum atomic E-state index is 6.41. The monoisotopic (exact) mass is 363 g/mol. The Bertz CT molecular complexity index is 673. The van der Waals surface area contributed by atoms with Gasteiger partial charge in [-0.05, 0) is 30.7 Å². The maximum absolute atomic E-state index is 6.41. The van der Waals surface area contributed by atoms with Crippen LogP contribution in [-0.2, 0) is 19.4 Å². The van der Waals surface area contributed by atoms with Crippen molar-refractivity contribution in [3.8, 4) is 0 Å². The smallest absolute Gasteiger partial charge is 0.107 e. The van der Waals surface area contributed by atoms with Gasteiger partial charge in [0, 0.05) is 29.9 Å². The van der Waals surface area contributed by atoms with Gasteiger partial charge in [-0.2, -0.15) is 0 Å². The lowest BCUT2D eigenvalue weighted by Gasteiger charge is -2.15. The number of nitrogens with two attached hydrogens (primary N) is 1. The molecule has 24 heavy (non-hydrogen) atoms. The molecule has 1 unspecified atom stereocenters. The van der Waals surface area contributed by atoms with Crippen LogP contribution in [0.2, 0.25) is 0 Å². The lowest BCUT2D eigenvalue weighted by Crippen LogP contribution is -2.28. The number of likely N-dealkylation sites (tertiary alicyclic amines) is 1. The Labute approximate surface area is 154 Å². The maximum Gasteiger partial charge on any atom is 0.107 e. The molecule has 0 amide bonds. The average Bonchev–Trinajstić information content (AvgIpc) is 3.10. The van der Waals surface area contributed by atoms with Gasteiger partial charge in [-0.15, -0.1) is 23.7 Å². The van der Waals surface area contributed by atoms with Crippen molar-refractivity contribution in [2.24, 2.45) is 11.7 Å². The number of aryl methyl sites for hydroxylation is 1. The van der Waals surface area contributed by atoms with Gasteiger partial charge in [-0.3, -0.25) is 4.90 Å². The second-order valence-electron chi connectivity index (χ2n) is 7.20. The van der Waals surface area contributed by atoms with E-state index in [0.717, 1.165) is 25.6 Å². The zero-order valence-electron chi connectivity index (χ0n) is 14.1. The molecule has 0 saturated carbocycles. The van der Waals surface area contributed by atoms with Crippen molar-refractivity contribution in [3.63, 3.8) is 0 Å². The summed E-state index contributed by atoms with van der Waals surface area (Å²) in [6.07, 6.45) is 3.68. The lowest BCUT2D eigenvalue weighted by atomic mass is 9.93. The van der Waals surface area contributed by atoms with Crippen LogP contribution in [0.1, 0.15) is 40.4 Å². The number of thiazole rings is 1. The first-order chi connectivity index (χ1) is 11.2. The molecule has 3 nitrogen and oxygen atoms in total. The SMILES string of the molecule is CC1CCc2nc(CN3C[C@@H](N)[C@H](c4ccccc4)C3)sc2C1.Cl. The summed E-state index contributed by atoms with van der Waals surface area (Å²) in [6, 6.07) is 10.9. The van der Waals surface area contributed by atoms with Crippen LogP contribution in [0.5, 0.6) is 0 Å². The number of halogens is 1. The summed E-state index contributed by atoms with van der Waals surface area (Å²) in [5, 5.41) is 1.28. The molecule has 1 saturated heterocycles. The van der Waals surface area contributed by atoms with E-state index in [0.29, 0.717) is 5.92 Å². The van der Waals surface area contributed by atoms with E-state index < -0.39 is 0 Å². The molecular weight excluding hydrogens is 338 g/mol. The molecule has 0 radical (unpaired) electrons. The van der Waals surface area contributed by atoms with E-state index in [-0.39, 0.29) is 18.4 Å². The summed E-state index contributed by atoms with van der Waals surface area (Å²) in [5.74, 6) is 1.27. The van der Waals surface area contributed by atoms with Crippen LogP contribution in [0.3, 0.4) is 0 Å². The van der Waals surface area contributed by atoms with Crippen molar-refractivity contribution in [1.29, 1.82) is 0 Å². The van der Waals surface area contributed by atoms with Gasteiger partial charge in [0.15, 0.2) is 0 Å². The minimum atomic E-state index is 0. The zero-order valence-corrected chi connectivity index (χ0v) is 15.8. The Kier molecular flexibility index (Phi) is 5.60. The van der Waals surface area contributed by atoms with E-state index in [1.165, 1.54) is 40.4 Å². The third-order valence-electron chi connectivity index (χ3n) is 5.26. The minimum Gasteiger partial charge on any atom is -0.326 e. The molecule has 0 bridgehead atoms. The van der Waals surface area contributed by atoms with Gasteiger partial charge >= 0.3 is 0 Å². The summed E-state index contributed by atoms with van der Waals surface area (Å²) in [5.41, 5.74) is 9.15. The summed E-state index contributed by atoms with van der Waals surface area (Å²) in [4.78, 5) is 8.92. The van der Waals surface area contributed by atoms with Crippen LogP contribution in [0.4, 0.5) is 0 Å². The number of fused-ring (bicyclic) bond motifs is 1. The van der Waals surface area contributed by atoms with E-state index in [4.69, 9.17) is 10.7 Å².